The van der Waals surface area contributed by atoms with Gasteiger partial charge in [0.25, 0.3) is 5.56 Å². The van der Waals surface area contributed by atoms with E-state index >= 15 is 0 Å². The van der Waals surface area contributed by atoms with Gasteiger partial charge in [0.1, 0.15) is 0 Å². The zero-order valence-corrected chi connectivity index (χ0v) is 15.6. The molecule has 6 heteroatoms. The fourth-order valence-electron chi connectivity index (χ4n) is 2.94. The van der Waals surface area contributed by atoms with E-state index in [0.29, 0.717) is 23.6 Å². The lowest BCUT2D eigenvalue weighted by atomic mass is 9.99. The highest BCUT2D eigenvalue weighted by atomic mass is 32.2. The minimum atomic E-state index is -0.462. The van der Waals surface area contributed by atoms with Crippen LogP contribution >= 0.6 is 11.8 Å². The fourth-order valence-corrected chi connectivity index (χ4v) is 3.71. The number of primary amides is 1. The quantitative estimate of drug-likeness (QED) is 0.518. The fraction of sp³-hybridized carbons (Fsp3) is 0.250. The number of thioether (sulfide) groups is 1. The number of amides is 1. The second-order valence-corrected chi connectivity index (χ2v) is 7.46. The van der Waals surface area contributed by atoms with Crippen LogP contribution in [0.25, 0.3) is 10.8 Å². The Balaban J connectivity index is 2.04. The summed E-state index contributed by atoms with van der Waals surface area (Å²) in [6.45, 7) is 3.64. The highest BCUT2D eigenvalue weighted by molar-refractivity contribution is 8.00. The molecule has 1 atom stereocenters. The Labute approximate surface area is 156 Å². The first-order chi connectivity index (χ1) is 12.5. The van der Waals surface area contributed by atoms with Crippen LogP contribution in [0.5, 0.6) is 0 Å². The first-order valence-corrected chi connectivity index (χ1v) is 9.42. The van der Waals surface area contributed by atoms with Gasteiger partial charge in [-0.2, -0.15) is 0 Å². The van der Waals surface area contributed by atoms with Crippen molar-refractivity contribution in [3.63, 3.8) is 0 Å². The molecule has 0 saturated carbocycles. The monoisotopic (exact) mass is 367 g/mol. The Bertz CT molecular complexity index is 1010. The Morgan fingerprint density at radius 3 is 2.69 bits per heavy atom. The summed E-state index contributed by atoms with van der Waals surface area (Å²) in [4.78, 5) is 31.2. The van der Waals surface area contributed by atoms with E-state index in [9.17, 15) is 9.59 Å². The average molecular weight is 367 g/mol. The second kappa shape index (κ2) is 7.74. The van der Waals surface area contributed by atoms with Crippen LogP contribution in [-0.4, -0.2) is 21.1 Å². The summed E-state index contributed by atoms with van der Waals surface area (Å²) in [6, 6.07) is 14.3. The van der Waals surface area contributed by atoms with Gasteiger partial charge in [0.05, 0.1) is 10.9 Å². The predicted octanol–water partition coefficient (Wildman–Crippen LogP) is 3.04. The van der Waals surface area contributed by atoms with Gasteiger partial charge in [-0.25, -0.2) is 4.98 Å². The van der Waals surface area contributed by atoms with E-state index in [2.05, 4.69) is 34.2 Å². The number of nitrogens with two attached hydrogens (primary N) is 1. The first kappa shape index (κ1) is 18.2. The highest BCUT2D eigenvalue weighted by Gasteiger charge is 2.16. The van der Waals surface area contributed by atoms with E-state index in [-0.39, 0.29) is 5.56 Å². The SMILES string of the molecule is CCc1c(Cc2cccc3ccccc23)nc(SC(C)C(N)=O)[nH]c1=O. The molecule has 0 aliphatic carbocycles. The second-order valence-electron chi connectivity index (χ2n) is 6.13. The number of aromatic nitrogens is 2. The van der Waals surface area contributed by atoms with Crippen LogP contribution in [0.2, 0.25) is 0 Å². The number of rotatable bonds is 6. The minimum absolute atomic E-state index is 0.156. The number of nitrogens with zero attached hydrogens (tertiary/aromatic N) is 1. The summed E-state index contributed by atoms with van der Waals surface area (Å²) in [5.41, 5.74) is 7.70. The smallest absolute Gasteiger partial charge is 0.254 e. The van der Waals surface area contributed by atoms with Gasteiger partial charge in [0, 0.05) is 12.0 Å². The molecule has 2 aromatic carbocycles. The third-order valence-corrected chi connectivity index (χ3v) is 5.36. The lowest BCUT2D eigenvalue weighted by Crippen LogP contribution is -2.24. The van der Waals surface area contributed by atoms with Crippen LogP contribution in [0.15, 0.2) is 52.4 Å². The van der Waals surface area contributed by atoms with Gasteiger partial charge in [0.2, 0.25) is 5.91 Å². The number of hydrogen-bond donors (Lipinski definition) is 2. The minimum Gasteiger partial charge on any atom is -0.369 e. The molecule has 3 aromatic rings. The van der Waals surface area contributed by atoms with Crippen molar-refractivity contribution < 1.29 is 4.79 Å². The van der Waals surface area contributed by atoms with Crippen LogP contribution in [0.3, 0.4) is 0 Å². The maximum absolute atomic E-state index is 12.5. The molecule has 26 heavy (non-hydrogen) atoms. The molecular weight excluding hydrogens is 346 g/mol. The third kappa shape index (κ3) is 3.80. The summed E-state index contributed by atoms with van der Waals surface area (Å²) in [5.74, 6) is -0.437. The Morgan fingerprint density at radius 2 is 1.96 bits per heavy atom. The number of H-pyrrole nitrogens is 1. The Morgan fingerprint density at radius 1 is 1.23 bits per heavy atom. The van der Waals surface area contributed by atoms with E-state index in [4.69, 9.17) is 5.73 Å². The van der Waals surface area contributed by atoms with Crippen molar-refractivity contribution in [2.24, 2.45) is 5.73 Å². The lowest BCUT2D eigenvalue weighted by molar-refractivity contribution is -0.117. The van der Waals surface area contributed by atoms with Crippen molar-refractivity contribution in [3.05, 3.63) is 69.6 Å². The van der Waals surface area contributed by atoms with Crippen molar-refractivity contribution in [1.82, 2.24) is 9.97 Å². The normalized spacial score (nSPS) is 12.2. The number of fused-ring (bicyclic) bond motifs is 1. The number of nitrogens with one attached hydrogen (secondary N) is 1. The van der Waals surface area contributed by atoms with E-state index < -0.39 is 11.2 Å². The molecule has 0 radical (unpaired) electrons. The van der Waals surface area contributed by atoms with Crippen LogP contribution in [0, 0.1) is 0 Å². The van der Waals surface area contributed by atoms with Gasteiger partial charge >= 0.3 is 0 Å². The van der Waals surface area contributed by atoms with E-state index in [1.54, 1.807) is 6.92 Å². The van der Waals surface area contributed by atoms with Gasteiger partial charge in [-0.05, 0) is 29.7 Å². The zero-order valence-electron chi connectivity index (χ0n) is 14.8. The Kier molecular flexibility index (Phi) is 5.42. The van der Waals surface area contributed by atoms with Crippen molar-refractivity contribution in [1.29, 1.82) is 0 Å². The third-order valence-electron chi connectivity index (χ3n) is 4.36. The van der Waals surface area contributed by atoms with Crippen molar-refractivity contribution >= 4 is 28.4 Å². The summed E-state index contributed by atoms with van der Waals surface area (Å²) >= 11 is 1.17. The predicted molar refractivity (Wildman–Crippen MR) is 106 cm³/mol. The molecule has 134 valence electrons. The maximum Gasteiger partial charge on any atom is 0.254 e. The first-order valence-electron chi connectivity index (χ1n) is 8.54. The highest BCUT2D eigenvalue weighted by Crippen LogP contribution is 2.23. The molecule has 0 bridgehead atoms. The van der Waals surface area contributed by atoms with Gasteiger partial charge in [-0.3, -0.25) is 9.59 Å². The van der Waals surface area contributed by atoms with Crippen molar-refractivity contribution in [3.8, 4) is 0 Å². The molecule has 1 unspecified atom stereocenters. The molecular formula is C20H21N3O2S. The lowest BCUT2D eigenvalue weighted by Gasteiger charge is -2.12. The number of carbonyl (C=O) groups is 1. The van der Waals surface area contributed by atoms with Crippen LogP contribution in [0.1, 0.15) is 30.7 Å². The number of benzene rings is 2. The molecule has 0 fully saturated rings. The van der Waals surface area contributed by atoms with Crippen LogP contribution in [0.4, 0.5) is 0 Å². The molecule has 3 rings (SSSR count). The number of carbonyl (C=O) groups excluding carboxylic acids is 1. The van der Waals surface area contributed by atoms with Gasteiger partial charge in [0.15, 0.2) is 5.16 Å². The van der Waals surface area contributed by atoms with Gasteiger partial charge < -0.3 is 10.7 Å². The molecule has 1 amide bonds. The molecule has 0 spiro atoms. The number of aromatic amines is 1. The standard InChI is InChI=1S/C20H21N3O2S/c1-3-15-17(22-20(23-19(15)25)26-12(2)18(21)24)11-14-9-6-8-13-7-4-5-10-16(13)14/h4-10,12H,3,11H2,1-2H3,(H2,21,24)(H,22,23,25). The maximum atomic E-state index is 12.5. The molecule has 3 N–H and O–H groups in total. The average Bonchev–Trinajstić information content (AvgIpc) is 2.62. The van der Waals surface area contributed by atoms with Crippen molar-refractivity contribution in [2.75, 3.05) is 0 Å². The van der Waals surface area contributed by atoms with Crippen LogP contribution in [-0.2, 0) is 17.6 Å². The molecule has 5 nitrogen and oxygen atoms in total. The summed E-state index contributed by atoms with van der Waals surface area (Å²) in [7, 11) is 0. The van der Waals surface area contributed by atoms with Gasteiger partial charge in [-0.15, -0.1) is 0 Å². The topological polar surface area (TPSA) is 88.8 Å². The van der Waals surface area contributed by atoms with Crippen molar-refractivity contribution in [2.45, 2.75) is 37.1 Å². The van der Waals surface area contributed by atoms with Gasteiger partial charge in [-0.1, -0.05) is 61.2 Å². The summed E-state index contributed by atoms with van der Waals surface area (Å²) in [5, 5.41) is 2.27. The molecule has 1 aromatic heterocycles. The molecule has 1 heterocycles. The molecule has 0 saturated heterocycles. The molecule has 0 aliphatic heterocycles. The van der Waals surface area contributed by atoms with E-state index in [0.717, 1.165) is 22.0 Å². The van der Waals surface area contributed by atoms with Crippen LogP contribution < -0.4 is 11.3 Å². The Hall–Kier alpha value is -2.60. The summed E-state index contributed by atoms with van der Waals surface area (Å²) in [6.07, 6.45) is 1.16. The largest absolute Gasteiger partial charge is 0.369 e. The number of hydrogen-bond acceptors (Lipinski definition) is 4. The summed E-state index contributed by atoms with van der Waals surface area (Å²) < 4.78 is 0. The zero-order chi connectivity index (χ0) is 18.7. The van der Waals surface area contributed by atoms with E-state index in [1.807, 2.05) is 25.1 Å². The van der Waals surface area contributed by atoms with E-state index in [1.165, 1.54) is 11.8 Å². The molecule has 0 aliphatic rings.